The van der Waals surface area contributed by atoms with Crippen LogP contribution in [0.5, 0.6) is 0 Å². The van der Waals surface area contributed by atoms with Crippen molar-refractivity contribution >= 4 is 30.0 Å². The van der Waals surface area contributed by atoms with Crippen LogP contribution in [0.15, 0.2) is 53.6 Å². The Bertz CT molecular complexity index is 878. The molecule has 2 aromatic carbocycles. The summed E-state index contributed by atoms with van der Waals surface area (Å²) in [5.74, 6) is 0.660. The number of benzene rings is 2. The molecular formula is C16H13ClN4S. The Labute approximate surface area is 138 Å². The van der Waals surface area contributed by atoms with Gasteiger partial charge in [-0.15, -0.1) is 0 Å². The van der Waals surface area contributed by atoms with E-state index in [4.69, 9.17) is 23.8 Å². The lowest BCUT2D eigenvalue weighted by molar-refractivity contribution is 0.871. The van der Waals surface area contributed by atoms with Crippen molar-refractivity contribution in [1.29, 1.82) is 0 Å². The van der Waals surface area contributed by atoms with Gasteiger partial charge in [0.2, 0.25) is 4.77 Å². The van der Waals surface area contributed by atoms with Crippen LogP contribution in [0.3, 0.4) is 0 Å². The molecule has 0 bridgehead atoms. The number of nitrogens with one attached hydrogen (secondary N) is 1. The maximum Gasteiger partial charge on any atom is 0.216 e. The van der Waals surface area contributed by atoms with E-state index in [0.29, 0.717) is 15.6 Å². The number of rotatable bonds is 3. The Morgan fingerprint density at radius 3 is 2.64 bits per heavy atom. The van der Waals surface area contributed by atoms with Gasteiger partial charge in [0.15, 0.2) is 5.82 Å². The number of halogens is 1. The minimum atomic E-state index is 0.430. The molecule has 4 nitrogen and oxygen atoms in total. The van der Waals surface area contributed by atoms with E-state index < -0.39 is 0 Å². The van der Waals surface area contributed by atoms with E-state index in [1.54, 1.807) is 10.9 Å². The average molecular weight is 329 g/mol. The number of aromatic nitrogens is 3. The summed E-state index contributed by atoms with van der Waals surface area (Å²) in [7, 11) is 0. The Hall–Kier alpha value is -2.24. The zero-order valence-electron chi connectivity index (χ0n) is 11.8. The van der Waals surface area contributed by atoms with E-state index in [2.05, 4.69) is 15.3 Å². The van der Waals surface area contributed by atoms with E-state index in [1.165, 1.54) is 5.56 Å². The van der Waals surface area contributed by atoms with Gasteiger partial charge in [-0.2, -0.15) is 14.9 Å². The first-order chi connectivity index (χ1) is 10.6. The summed E-state index contributed by atoms with van der Waals surface area (Å²) in [4.78, 5) is 0. The van der Waals surface area contributed by atoms with Crippen LogP contribution in [0.4, 0.5) is 0 Å². The van der Waals surface area contributed by atoms with E-state index >= 15 is 0 Å². The number of hydrogen-bond donors (Lipinski definition) is 1. The maximum absolute atomic E-state index is 6.13. The number of aryl methyl sites for hydroxylation is 1. The number of nitrogens with zero attached hydrogens (tertiary/aromatic N) is 3. The Morgan fingerprint density at radius 1 is 1.18 bits per heavy atom. The lowest BCUT2D eigenvalue weighted by Crippen LogP contribution is -1.95. The molecule has 3 rings (SSSR count). The minimum absolute atomic E-state index is 0.430. The summed E-state index contributed by atoms with van der Waals surface area (Å²) in [6.45, 7) is 2.04. The molecule has 22 heavy (non-hydrogen) atoms. The maximum atomic E-state index is 6.13. The number of H-pyrrole nitrogens is 1. The molecule has 1 heterocycles. The second-order valence-corrected chi connectivity index (χ2v) is 5.59. The fourth-order valence-electron chi connectivity index (χ4n) is 1.99. The minimum Gasteiger partial charge on any atom is -0.250 e. The predicted octanol–water partition coefficient (Wildman–Crippen LogP) is 4.45. The van der Waals surface area contributed by atoms with Gasteiger partial charge in [0, 0.05) is 16.1 Å². The molecule has 0 aliphatic heterocycles. The van der Waals surface area contributed by atoms with Crippen LogP contribution in [0.1, 0.15) is 11.1 Å². The molecule has 3 aromatic rings. The molecular weight excluding hydrogens is 316 g/mol. The highest BCUT2D eigenvalue weighted by atomic mass is 35.5. The van der Waals surface area contributed by atoms with Crippen molar-refractivity contribution in [2.75, 3.05) is 0 Å². The SMILES string of the molecule is Cc1ccc(-c2n[nH]c(=S)n2N=Cc2ccccc2Cl)cc1. The largest absolute Gasteiger partial charge is 0.250 e. The van der Waals surface area contributed by atoms with Crippen molar-refractivity contribution in [3.05, 3.63) is 69.5 Å². The lowest BCUT2D eigenvalue weighted by Gasteiger charge is -2.02. The van der Waals surface area contributed by atoms with Gasteiger partial charge in [-0.1, -0.05) is 59.6 Å². The molecule has 6 heteroatoms. The quantitative estimate of drug-likeness (QED) is 0.570. The van der Waals surface area contributed by atoms with Gasteiger partial charge in [0.25, 0.3) is 0 Å². The summed E-state index contributed by atoms with van der Waals surface area (Å²) in [5, 5.41) is 12.1. The molecule has 1 N–H and O–H groups in total. The topological polar surface area (TPSA) is 46.0 Å². The Kier molecular flexibility index (Phi) is 4.18. The molecule has 0 atom stereocenters. The van der Waals surface area contributed by atoms with Crippen molar-refractivity contribution in [3.8, 4) is 11.4 Å². The van der Waals surface area contributed by atoms with Gasteiger partial charge in [-0.05, 0) is 25.2 Å². The zero-order chi connectivity index (χ0) is 15.5. The summed E-state index contributed by atoms with van der Waals surface area (Å²) in [6, 6.07) is 15.5. The van der Waals surface area contributed by atoms with Crippen LogP contribution in [0.25, 0.3) is 11.4 Å². The van der Waals surface area contributed by atoms with Crippen LogP contribution < -0.4 is 0 Å². The third kappa shape index (κ3) is 3.00. The van der Waals surface area contributed by atoms with E-state index in [1.807, 2.05) is 55.5 Å². The zero-order valence-corrected chi connectivity index (χ0v) is 13.4. The van der Waals surface area contributed by atoms with Gasteiger partial charge in [0.05, 0.1) is 6.21 Å². The second-order valence-electron chi connectivity index (χ2n) is 4.80. The average Bonchev–Trinajstić information content (AvgIpc) is 2.88. The van der Waals surface area contributed by atoms with E-state index in [-0.39, 0.29) is 0 Å². The molecule has 0 aliphatic rings. The number of hydrogen-bond acceptors (Lipinski definition) is 3. The number of aromatic amines is 1. The molecule has 1 aromatic heterocycles. The lowest BCUT2D eigenvalue weighted by atomic mass is 10.1. The molecule has 0 amide bonds. The van der Waals surface area contributed by atoms with Gasteiger partial charge < -0.3 is 0 Å². The van der Waals surface area contributed by atoms with Gasteiger partial charge in [-0.25, -0.2) is 5.10 Å². The van der Waals surface area contributed by atoms with Crippen LogP contribution in [0, 0.1) is 11.7 Å². The van der Waals surface area contributed by atoms with Crippen LogP contribution in [-0.2, 0) is 0 Å². The fourth-order valence-corrected chi connectivity index (χ4v) is 2.35. The molecule has 0 saturated heterocycles. The highest BCUT2D eigenvalue weighted by molar-refractivity contribution is 7.71. The first kappa shape index (κ1) is 14.7. The van der Waals surface area contributed by atoms with Gasteiger partial charge in [-0.3, -0.25) is 0 Å². The summed E-state index contributed by atoms with van der Waals surface area (Å²) >= 11 is 11.4. The first-order valence-corrected chi connectivity index (χ1v) is 7.47. The van der Waals surface area contributed by atoms with Crippen molar-refractivity contribution in [2.24, 2.45) is 5.10 Å². The van der Waals surface area contributed by atoms with Gasteiger partial charge >= 0.3 is 0 Å². The van der Waals surface area contributed by atoms with Crippen molar-refractivity contribution < 1.29 is 0 Å². The van der Waals surface area contributed by atoms with Crippen LogP contribution in [-0.4, -0.2) is 21.1 Å². The Morgan fingerprint density at radius 2 is 1.91 bits per heavy atom. The normalized spacial score (nSPS) is 11.2. The first-order valence-electron chi connectivity index (χ1n) is 6.68. The molecule has 0 spiro atoms. The molecule has 0 radical (unpaired) electrons. The predicted molar refractivity (Wildman–Crippen MR) is 92.0 cm³/mol. The highest BCUT2D eigenvalue weighted by Crippen LogP contribution is 2.18. The summed E-state index contributed by atoms with van der Waals surface area (Å²) in [6.07, 6.45) is 1.67. The third-order valence-electron chi connectivity index (χ3n) is 3.18. The molecule has 0 saturated carbocycles. The van der Waals surface area contributed by atoms with Crippen LogP contribution >= 0.6 is 23.8 Å². The smallest absolute Gasteiger partial charge is 0.216 e. The standard InChI is InChI=1S/C16H13ClN4S/c1-11-6-8-12(9-7-11)15-19-20-16(22)21(15)18-10-13-4-2-3-5-14(13)17/h2-10H,1H3,(H,20,22). The molecule has 0 unspecified atom stereocenters. The molecule has 0 aliphatic carbocycles. The van der Waals surface area contributed by atoms with Gasteiger partial charge in [0.1, 0.15) is 0 Å². The van der Waals surface area contributed by atoms with Crippen molar-refractivity contribution in [2.45, 2.75) is 6.92 Å². The Balaban J connectivity index is 2.01. The molecule has 110 valence electrons. The highest BCUT2D eigenvalue weighted by Gasteiger charge is 2.07. The van der Waals surface area contributed by atoms with E-state index in [9.17, 15) is 0 Å². The third-order valence-corrected chi connectivity index (χ3v) is 3.79. The summed E-state index contributed by atoms with van der Waals surface area (Å²) < 4.78 is 2.02. The summed E-state index contributed by atoms with van der Waals surface area (Å²) in [5.41, 5.74) is 2.94. The fraction of sp³-hybridized carbons (Fsp3) is 0.0625. The van der Waals surface area contributed by atoms with E-state index in [0.717, 1.165) is 11.1 Å². The molecule has 0 fully saturated rings. The monoisotopic (exact) mass is 328 g/mol. The second kappa shape index (κ2) is 6.25. The van der Waals surface area contributed by atoms with Crippen molar-refractivity contribution in [1.82, 2.24) is 14.9 Å². The van der Waals surface area contributed by atoms with Crippen LogP contribution in [0.2, 0.25) is 5.02 Å². The van der Waals surface area contributed by atoms with Crippen molar-refractivity contribution in [3.63, 3.8) is 0 Å².